The topological polar surface area (TPSA) is 36.4 Å². The van der Waals surface area contributed by atoms with E-state index < -0.39 is 0 Å². The number of hydrogen-bond donors (Lipinski definition) is 0. The zero-order valence-corrected chi connectivity index (χ0v) is 16.1. The molecule has 4 nitrogen and oxygen atoms in total. The first kappa shape index (κ1) is 16.9. The van der Waals surface area contributed by atoms with Crippen molar-refractivity contribution in [2.75, 3.05) is 19.6 Å². The van der Waals surface area contributed by atoms with E-state index >= 15 is 0 Å². The van der Waals surface area contributed by atoms with Gasteiger partial charge < -0.3 is 4.90 Å². The highest BCUT2D eigenvalue weighted by Gasteiger charge is 2.37. The molecule has 2 heterocycles. The standard InChI is InChI=1S/C22H23N3OS/c26-22(17-6-9-20-21(13-17)27-15-23-20)25-11-10-24(18-7-8-18)14-19(25)12-16-4-2-1-3-5-16/h1-6,9,13,15,18-19H,7-8,10-12,14H2. The lowest BCUT2D eigenvalue weighted by Crippen LogP contribution is -2.56. The Morgan fingerprint density at radius 1 is 1.11 bits per heavy atom. The summed E-state index contributed by atoms with van der Waals surface area (Å²) in [5.41, 5.74) is 4.89. The quantitative estimate of drug-likeness (QED) is 0.693. The van der Waals surface area contributed by atoms with Crippen LogP contribution in [-0.2, 0) is 6.42 Å². The number of fused-ring (bicyclic) bond motifs is 1. The SMILES string of the molecule is O=C(c1ccc2ncsc2c1)N1CCN(C2CC2)CC1Cc1ccccc1. The van der Waals surface area contributed by atoms with E-state index in [2.05, 4.69) is 39.0 Å². The molecule has 1 unspecified atom stereocenters. The van der Waals surface area contributed by atoms with Crippen molar-refractivity contribution < 1.29 is 4.79 Å². The summed E-state index contributed by atoms with van der Waals surface area (Å²) in [6, 6.07) is 17.4. The van der Waals surface area contributed by atoms with Crippen molar-refractivity contribution in [3.8, 4) is 0 Å². The summed E-state index contributed by atoms with van der Waals surface area (Å²) < 4.78 is 1.08. The Hall–Kier alpha value is -2.24. The summed E-state index contributed by atoms with van der Waals surface area (Å²) in [7, 11) is 0. The van der Waals surface area contributed by atoms with Gasteiger partial charge in [0.15, 0.2) is 0 Å². The largest absolute Gasteiger partial charge is 0.333 e. The van der Waals surface area contributed by atoms with Crippen LogP contribution in [0.1, 0.15) is 28.8 Å². The Balaban J connectivity index is 1.41. The van der Waals surface area contributed by atoms with Gasteiger partial charge in [0.1, 0.15) is 0 Å². The van der Waals surface area contributed by atoms with E-state index in [1.165, 1.54) is 18.4 Å². The third-order valence-electron chi connectivity index (χ3n) is 5.73. The third-order valence-corrected chi connectivity index (χ3v) is 6.52. The van der Waals surface area contributed by atoms with Crippen LogP contribution in [-0.4, -0.2) is 52.4 Å². The third kappa shape index (κ3) is 3.49. The van der Waals surface area contributed by atoms with Crippen LogP contribution in [0.15, 0.2) is 54.0 Å². The Morgan fingerprint density at radius 3 is 2.78 bits per heavy atom. The molecule has 138 valence electrons. The number of rotatable bonds is 4. The van der Waals surface area contributed by atoms with Crippen LogP contribution < -0.4 is 0 Å². The fraction of sp³-hybridized carbons (Fsp3) is 0.364. The van der Waals surface area contributed by atoms with Crippen molar-refractivity contribution in [1.82, 2.24) is 14.8 Å². The lowest BCUT2D eigenvalue weighted by Gasteiger charge is -2.42. The molecule has 5 rings (SSSR count). The lowest BCUT2D eigenvalue weighted by atomic mass is 10.0. The molecule has 3 aromatic rings. The van der Waals surface area contributed by atoms with Crippen LogP contribution in [0.5, 0.6) is 0 Å². The van der Waals surface area contributed by atoms with Gasteiger partial charge in [-0.3, -0.25) is 9.69 Å². The number of thiazole rings is 1. The predicted octanol–water partition coefficient (Wildman–Crippen LogP) is 3.83. The summed E-state index contributed by atoms with van der Waals surface area (Å²) in [4.78, 5) is 22.4. The van der Waals surface area contributed by atoms with Crippen LogP contribution >= 0.6 is 11.3 Å². The second-order valence-electron chi connectivity index (χ2n) is 7.60. The first-order chi connectivity index (χ1) is 13.3. The predicted molar refractivity (Wildman–Crippen MR) is 109 cm³/mol. The van der Waals surface area contributed by atoms with Crippen LogP contribution in [0, 0.1) is 0 Å². The Morgan fingerprint density at radius 2 is 1.96 bits per heavy atom. The highest BCUT2D eigenvalue weighted by molar-refractivity contribution is 7.16. The molecule has 2 aliphatic rings. The van der Waals surface area contributed by atoms with E-state index in [0.29, 0.717) is 0 Å². The fourth-order valence-electron chi connectivity index (χ4n) is 4.13. The smallest absolute Gasteiger partial charge is 0.254 e. The lowest BCUT2D eigenvalue weighted by molar-refractivity contribution is 0.0437. The molecule has 0 bridgehead atoms. The Labute approximate surface area is 163 Å². The van der Waals surface area contributed by atoms with E-state index in [1.54, 1.807) is 11.3 Å². The van der Waals surface area contributed by atoms with Crippen LogP contribution in [0.3, 0.4) is 0 Å². The molecule has 2 aromatic carbocycles. The number of piperazine rings is 1. The van der Waals surface area contributed by atoms with Gasteiger partial charge >= 0.3 is 0 Å². The first-order valence-corrected chi connectivity index (χ1v) is 10.6. The summed E-state index contributed by atoms with van der Waals surface area (Å²) in [5, 5.41) is 0. The van der Waals surface area contributed by atoms with Crippen molar-refractivity contribution in [2.24, 2.45) is 0 Å². The molecule has 1 saturated heterocycles. The average molecular weight is 378 g/mol. The van der Waals surface area contributed by atoms with Gasteiger partial charge in [0, 0.05) is 37.3 Å². The molecule has 1 aromatic heterocycles. The highest BCUT2D eigenvalue weighted by atomic mass is 32.1. The Kier molecular flexibility index (Phi) is 4.42. The number of carbonyl (C=O) groups excluding carboxylic acids is 1. The second kappa shape index (κ2) is 7.06. The van der Waals surface area contributed by atoms with Crippen LogP contribution in [0.2, 0.25) is 0 Å². The zero-order valence-electron chi connectivity index (χ0n) is 15.3. The minimum absolute atomic E-state index is 0.154. The number of amides is 1. The van der Waals surface area contributed by atoms with E-state index in [9.17, 15) is 4.79 Å². The Bertz CT molecular complexity index is 950. The number of hydrogen-bond acceptors (Lipinski definition) is 4. The van der Waals surface area contributed by atoms with Crippen molar-refractivity contribution in [1.29, 1.82) is 0 Å². The minimum Gasteiger partial charge on any atom is -0.333 e. The van der Waals surface area contributed by atoms with Crippen molar-refractivity contribution in [3.05, 3.63) is 65.2 Å². The summed E-state index contributed by atoms with van der Waals surface area (Å²) in [5.74, 6) is 0.154. The number of aromatic nitrogens is 1. The van der Waals surface area contributed by atoms with Gasteiger partial charge in [-0.1, -0.05) is 30.3 Å². The normalized spacial score (nSPS) is 20.9. The zero-order chi connectivity index (χ0) is 18.2. The van der Waals surface area contributed by atoms with Gasteiger partial charge in [0.05, 0.1) is 15.7 Å². The second-order valence-corrected chi connectivity index (χ2v) is 8.49. The molecule has 27 heavy (non-hydrogen) atoms. The molecule has 2 fully saturated rings. The van der Waals surface area contributed by atoms with Crippen molar-refractivity contribution >= 4 is 27.5 Å². The van der Waals surface area contributed by atoms with Crippen molar-refractivity contribution in [2.45, 2.75) is 31.3 Å². The minimum atomic E-state index is 0.154. The molecule has 1 aliphatic heterocycles. The van der Waals surface area contributed by atoms with Gasteiger partial charge in [0.2, 0.25) is 0 Å². The maximum Gasteiger partial charge on any atom is 0.254 e. The maximum absolute atomic E-state index is 13.3. The molecule has 5 heteroatoms. The molecule has 1 saturated carbocycles. The van der Waals surface area contributed by atoms with E-state index in [4.69, 9.17) is 0 Å². The molecule has 0 N–H and O–H groups in total. The maximum atomic E-state index is 13.3. The summed E-state index contributed by atoms with van der Waals surface area (Å²) in [6.45, 7) is 2.78. The molecule has 0 radical (unpaired) electrons. The van der Waals surface area contributed by atoms with Crippen LogP contribution in [0.4, 0.5) is 0 Å². The molecule has 0 spiro atoms. The molecule has 1 amide bonds. The molecule has 1 atom stereocenters. The average Bonchev–Trinajstić information content (AvgIpc) is 3.45. The van der Waals surface area contributed by atoms with E-state index in [1.807, 2.05) is 29.8 Å². The fourth-order valence-corrected chi connectivity index (χ4v) is 4.85. The summed E-state index contributed by atoms with van der Waals surface area (Å²) in [6.07, 6.45) is 3.54. The molecular weight excluding hydrogens is 354 g/mol. The first-order valence-electron chi connectivity index (χ1n) is 9.70. The van der Waals surface area contributed by atoms with E-state index in [-0.39, 0.29) is 11.9 Å². The van der Waals surface area contributed by atoms with E-state index in [0.717, 1.165) is 47.9 Å². The number of carbonyl (C=O) groups is 1. The van der Waals surface area contributed by atoms with Crippen LogP contribution in [0.25, 0.3) is 10.2 Å². The van der Waals surface area contributed by atoms with Gasteiger partial charge in [-0.25, -0.2) is 4.98 Å². The monoisotopic (exact) mass is 377 g/mol. The van der Waals surface area contributed by atoms with Gasteiger partial charge in [0.25, 0.3) is 5.91 Å². The van der Waals surface area contributed by atoms with Crippen molar-refractivity contribution in [3.63, 3.8) is 0 Å². The van der Waals surface area contributed by atoms with Gasteiger partial charge in [-0.2, -0.15) is 0 Å². The van der Waals surface area contributed by atoms with Gasteiger partial charge in [-0.05, 0) is 43.0 Å². The molecule has 1 aliphatic carbocycles. The highest BCUT2D eigenvalue weighted by Crippen LogP contribution is 2.30. The van der Waals surface area contributed by atoms with Gasteiger partial charge in [-0.15, -0.1) is 11.3 Å². The number of benzene rings is 2. The number of nitrogens with zero attached hydrogens (tertiary/aromatic N) is 3. The molecular formula is C22H23N3OS. The summed E-state index contributed by atoms with van der Waals surface area (Å²) >= 11 is 1.59.